The van der Waals surface area contributed by atoms with Gasteiger partial charge >= 0.3 is 5.76 Å². The van der Waals surface area contributed by atoms with E-state index in [0.29, 0.717) is 17.6 Å². The van der Waals surface area contributed by atoms with E-state index in [2.05, 4.69) is 17.2 Å². The number of nitrogens with one attached hydrogen (secondary N) is 2. The first-order valence-corrected chi connectivity index (χ1v) is 7.85. The van der Waals surface area contributed by atoms with E-state index in [9.17, 15) is 4.79 Å². The number of ether oxygens (including phenoxy) is 2. The van der Waals surface area contributed by atoms with Gasteiger partial charge in [0.1, 0.15) is 17.6 Å². The topological polar surface area (TPSA) is 76.5 Å². The van der Waals surface area contributed by atoms with E-state index in [1.54, 1.807) is 13.2 Å². The molecule has 2 N–H and O–H groups in total. The lowest BCUT2D eigenvalue weighted by atomic mass is 10.1. The number of methoxy groups -OCH3 is 1. The van der Waals surface area contributed by atoms with Gasteiger partial charge in [-0.15, -0.1) is 0 Å². The summed E-state index contributed by atoms with van der Waals surface area (Å²) in [6.45, 7) is 2.66. The van der Waals surface area contributed by atoms with E-state index < -0.39 is 5.76 Å². The van der Waals surface area contributed by atoms with E-state index in [1.165, 1.54) is 5.56 Å². The maximum atomic E-state index is 11.2. The maximum Gasteiger partial charge on any atom is 0.417 e. The Hall–Kier alpha value is -2.89. The summed E-state index contributed by atoms with van der Waals surface area (Å²) in [5, 5.41) is 3.36. The van der Waals surface area contributed by atoms with Crippen LogP contribution in [-0.2, 0) is 13.0 Å². The Kier molecular flexibility index (Phi) is 3.45. The molecule has 0 radical (unpaired) electrons. The van der Waals surface area contributed by atoms with Crippen molar-refractivity contribution in [3.8, 4) is 11.5 Å². The van der Waals surface area contributed by atoms with E-state index in [1.807, 2.05) is 24.3 Å². The number of anilines is 1. The summed E-state index contributed by atoms with van der Waals surface area (Å²) in [5.41, 5.74) is 4.33. The summed E-state index contributed by atoms with van der Waals surface area (Å²) in [4.78, 5) is 13.9. The van der Waals surface area contributed by atoms with Crippen LogP contribution in [0.1, 0.15) is 18.1 Å². The van der Waals surface area contributed by atoms with Crippen molar-refractivity contribution in [3.63, 3.8) is 0 Å². The molecule has 0 saturated carbocycles. The van der Waals surface area contributed by atoms with Gasteiger partial charge in [0.15, 0.2) is 5.58 Å². The highest BCUT2D eigenvalue weighted by Gasteiger charge is 2.23. The van der Waals surface area contributed by atoms with E-state index in [-0.39, 0.29) is 6.10 Å². The lowest BCUT2D eigenvalue weighted by Gasteiger charge is -2.13. The number of benzene rings is 2. The summed E-state index contributed by atoms with van der Waals surface area (Å²) in [7, 11) is 1.67. The molecule has 0 bridgehead atoms. The molecule has 0 saturated heterocycles. The fourth-order valence-electron chi connectivity index (χ4n) is 3.09. The van der Waals surface area contributed by atoms with Crippen molar-refractivity contribution in [2.75, 3.05) is 12.4 Å². The minimum absolute atomic E-state index is 0.179. The second-order valence-corrected chi connectivity index (χ2v) is 5.99. The molecule has 4 rings (SSSR count). The Balaban J connectivity index is 1.60. The molecule has 0 spiro atoms. The van der Waals surface area contributed by atoms with Crippen LogP contribution in [0.2, 0.25) is 0 Å². The minimum Gasteiger partial charge on any atom is -0.497 e. The standard InChI is InChI=1S/C18H18N2O4/c1-10-5-11-6-14(22-2)7-12(17(11)23-10)9-19-13-3-4-16-15(8-13)20-18(21)24-16/h3-4,6-8,10,19H,5,9H2,1-2H3,(H,20,21). The zero-order valence-corrected chi connectivity index (χ0v) is 13.5. The zero-order valence-electron chi connectivity index (χ0n) is 13.5. The molecule has 0 fully saturated rings. The third-order valence-electron chi connectivity index (χ3n) is 4.18. The Labute approximate surface area is 138 Å². The number of fused-ring (bicyclic) bond motifs is 2. The second kappa shape index (κ2) is 5.63. The lowest BCUT2D eigenvalue weighted by Crippen LogP contribution is -2.07. The number of oxazole rings is 1. The average Bonchev–Trinajstić information content (AvgIpc) is 3.12. The largest absolute Gasteiger partial charge is 0.497 e. The molecule has 124 valence electrons. The third kappa shape index (κ3) is 2.60. The van der Waals surface area contributed by atoms with Crippen LogP contribution >= 0.6 is 0 Å². The fourth-order valence-corrected chi connectivity index (χ4v) is 3.09. The van der Waals surface area contributed by atoms with Crippen molar-refractivity contribution < 1.29 is 13.9 Å². The third-order valence-corrected chi connectivity index (χ3v) is 4.18. The molecule has 0 aliphatic carbocycles. The summed E-state index contributed by atoms with van der Waals surface area (Å²) >= 11 is 0. The molecule has 1 aliphatic rings. The van der Waals surface area contributed by atoms with Crippen LogP contribution in [0.3, 0.4) is 0 Å². The predicted octanol–water partition coefficient (Wildman–Crippen LogP) is 3.07. The highest BCUT2D eigenvalue weighted by atomic mass is 16.5. The van der Waals surface area contributed by atoms with Crippen molar-refractivity contribution in [1.82, 2.24) is 4.98 Å². The van der Waals surface area contributed by atoms with Gasteiger partial charge in [0.05, 0.1) is 12.6 Å². The van der Waals surface area contributed by atoms with Gasteiger partial charge in [-0.1, -0.05) is 0 Å². The van der Waals surface area contributed by atoms with Crippen LogP contribution in [0.25, 0.3) is 11.1 Å². The van der Waals surface area contributed by atoms with Crippen molar-refractivity contribution >= 4 is 16.8 Å². The van der Waals surface area contributed by atoms with Gasteiger partial charge in [0, 0.05) is 29.8 Å². The minimum atomic E-state index is -0.449. The summed E-state index contributed by atoms with van der Waals surface area (Å²) in [6, 6.07) is 9.52. The van der Waals surface area contributed by atoms with Crippen molar-refractivity contribution in [1.29, 1.82) is 0 Å². The fraction of sp³-hybridized carbons (Fsp3) is 0.278. The Morgan fingerprint density at radius 1 is 1.33 bits per heavy atom. The molecule has 24 heavy (non-hydrogen) atoms. The molecule has 6 heteroatoms. The van der Waals surface area contributed by atoms with Crippen LogP contribution in [0, 0.1) is 0 Å². The Morgan fingerprint density at radius 2 is 2.21 bits per heavy atom. The molecule has 2 aromatic carbocycles. The molecular weight excluding hydrogens is 308 g/mol. The highest BCUT2D eigenvalue weighted by Crippen LogP contribution is 2.36. The first-order chi connectivity index (χ1) is 11.6. The molecule has 6 nitrogen and oxygen atoms in total. The zero-order chi connectivity index (χ0) is 16.7. The van der Waals surface area contributed by atoms with Gasteiger partial charge in [-0.25, -0.2) is 4.79 Å². The molecule has 2 heterocycles. The van der Waals surface area contributed by atoms with E-state index in [0.717, 1.165) is 29.2 Å². The van der Waals surface area contributed by atoms with Crippen LogP contribution in [0.4, 0.5) is 5.69 Å². The second-order valence-electron chi connectivity index (χ2n) is 5.99. The average molecular weight is 326 g/mol. The monoisotopic (exact) mass is 326 g/mol. The SMILES string of the molecule is COc1cc(CNc2ccc3oc(=O)[nH]c3c2)c2c(c1)CC(C)O2. The molecular formula is C18H18N2O4. The van der Waals surface area contributed by atoms with Gasteiger partial charge in [-0.3, -0.25) is 4.98 Å². The van der Waals surface area contributed by atoms with Crippen LogP contribution in [0.5, 0.6) is 11.5 Å². The highest BCUT2D eigenvalue weighted by molar-refractivity contribution is 5.76. The van der Waals surface area contributed by atoms with Crippen LogP contribution < -0.4 is 20.5 Å². The molecule has 1 aliphatic heterocycles. The van der Waals surface area contributed by atoms with Gasteiger partial charge in [-0.05, 0) is 37.3 Å². The van der Waals surface area contributed by atoms with E-state index in [4.69, 9.17) is 13.9 Å². The Morgan fingerprint density at radius 3 is 3.04 bits per heavy atom. The molecule has 1 unspecified atom stereocenters. The van der Waals surface area contributed by atoms with Gasteiger partial charge < -0.3 is 19.2 Å². The van der Waals surface area contributed by atoms with Gasteiger partial charge in [0.2, 0.25) is 0 Å². The first-order valence-electron chi connectivity index (χ1n) is 7.85. The van der Waals surface area contributed by atoms with Crippen LogP contribution in [0.15, 0.2) is 39.5 Å². The van der Waals surface area contributed by atoms with E-state index >= 15 is 0 Å². The quantitative estimate of drug-likeness (QED) is 0.770. The number of hydrogen-bond donors (Lipinski definition) is 2. The Bertz CT molecular complexity index is 957. The molecule has 1 aromatic heterocycles. The number of aromatic amines is 1. The molecule has 1 atom stereocenters. The van der Waals surface area contributed by atoms with Crippen molar-refractivity contribution in [2.24, 2.45) is 0 Å². The number of rotatable bonds is 4. The lowest BCUT2D eigenvalue weighted by molar-refractivity contribution is 0.252. The normalized spacial score (nSPS) is 16.0. The summed E-state index contributed by atoms with van der Waals surface area (Å²) < 4.78 is 16.3. The summed E-state index contributed by atoms with van der Waals surface area (Å²) in [5.74, 6) is 1.32. The van der Waals surface area contributed by atoms with Crippen LogP contribution in [-0.4, -0.2) is 18.2 Å². The number of aromatic nitrogens is 1. The van der Waals surface area contributed by atoms with Crippen molar-refractivity contribution in [3.05, 3.63) is 52.0 Å². The van der Waals surface area contributed by atoms with Gasteiger partial charge in [0.25, 0.3) is 0 Å². The maximum absolute atomic E-state index is 11.2. The molecule has 0 amide bonds. The first kappa shape index (κ1) is 14.7. The van der Waals surface area contributed by atoms with Crippen molar-refractivity contribution in [2.45, 2.75) is 26.0 Å². The predicted molar refractivity (Wildman–Crippen MR) is 90.9 cm³/mol. The smallest absolute Gasteiger partial charge is 0.417 e. The number of hydrogen-bond acceptors (Lipinski definition) is 5. The number of H-pyrrole nitrogens is 1. The molecule has 3 aromatic rings. The summed E-state index contributed by atoms with van der Waals surface area (Å²) in [6.07, 6.45) is 1.07. The van der Waals surface area contributed by atoms with Gasteiger partial charge in [-0.2, -0.15) is 0 Å².